The van der Waals surface area contributed by atoms with Crippen LogP contribution in [0.1, 0.15) is 55.8 Å². The molecule has 0 fully saturated rings. The van der Waals surface area contributed by atoms with Crippen LogP contribution >= 0.6 is 0 Å². The maximum absolute atomic E-state index is 13.3. The lowest BCUT2D eigenvalue weighted by Gasteiger charge is -2.35. The fourth-order valence-corrected chi connectivity index (χ4v) is 3.96. The summed E-state index contributed by atoms with van der Waals surface area (Å²) in [7, 11) is 0. The van der Waals surface area contributed by atoms with Gasteiger partial charge in [-0.3, -0.25) is 4.90 Å². The van der Waals surface area contributed by atoms with Gasteiger partial charge in [0.1, 0.15) is 5.82 Å². The molecule has 2 aromatic carbocycles. The molecule has 7 heteroatoms. The zero-order valence-corrected chi connectivity index (χ0v) is 19.6. The Labute approximate surface area is 193 Å². The molecule has 0 spiro atoms. The molecular formula is C26H29FN4O2. The second kappa shape index (κ2) is 9.17. The number of carbonyl (C=O) groups is 1. The Bertz CT molecular complexity index is 1200. The number of aromatic nitrogens is 2. The van der Waals surface area contributed by atoms with E-state index < -0.39 is 6.04 Å². The first-order valence-corrected chi connectivity index (χ1v) is 11.2. The quantitative estimate of drug-likeness (QED) is 0.499. The first-order valence-electron chi connectivity index (χ1n) is 11.2. The highest BCUT2D eigenvalue weighted by Gasteiger charge is 2.35. The highest BCUT2D eigenvalue weighted by Crippen LogP contribution is 2.38. The lowest BCUT2D eigenvalue weighted by Crippen LogP contribution is -2.46. The van der Waals surface area contributed by atoms with Crippen molar-refractivity contribution in [2.45, 2.75) is 47.1 Å². The van der Waals surface area contributed by atoms with Crippen LogP contribution < -0.4 is 5.32 Å². The number of aryl methyl sites for hydroxylation is 2. The van der Waals surface area contributed by atoms with Gasteiger partial charge in [-0.25, -0.2) is 9.18 Å². The predicted octanol–water partition coefficient (Wildman–Crippen LogP) is 6.04. The Morgan fingerprint density at radius 2 is 1.82 bits per heavy atom. The summed E-state index contributed by atoms with van der Waals surface area (Å²) in [5, 5.41) is 7.27. The molecule has 0 radical (unpaired) electrons. The van der Waals surface area contributed by atoms with E-state index in [0.717, 1.165) is 28.8 Å². The first kappa shape index (κ1) is 22.7. The minimum Gasteiger partial charge on any atom is -0.334 e. The van der Waals surface area contributed by atoms with Gasteiger partial charge in [-0.2, -0.15) is 4.98 Å². The monoisotopic (exact) mass is 448 g/mol. The Kier molecular flexibility index (Phi) is 6.31. The maximum Gasteiger partial charge on any atom is 0.322 e. The molecule has 3 aromatic rings. The minimum atomic E-state index is -0.423. The number of hydrogen-bond donors (Lipinski definition) is 1. The van der Waals surface area contributed by atoms with E-state index in [4.69, 9.17) is 4.52 Å². The number of amides is 2. The van der Waals surface area contributed by atoms with Crippen molar-refractivity contribution in [1.29, 1.82) is 0 Å². The standard InChI is InChI=1S/C26H29FN4O2/c1-15(2)12-13-31-18(5)22(23(28-26(31)32)20-7-6-16(3)17(4)14-20)25-29-24(30-33-25)19-8-10-21(27)11-9-19/h6-11,14-15,23H,12-13H2,1-5H3,(H,28,32). The summed E-state index contributed by atoms with van der Waals surface area (Å²) in [5.74, 6) is 0.839. The van der Waals surface area contributed by atoms with E-state index >= 15 is 0 Å². The second-order valence-electron chi connectivity index (χ2n) is 8.99. The van der Waals surface area contributed by atoms with E-state index in [1.165, 1.54) is 17.7 Å². The zero-order chi connectivity index (χ0) is 23.7. The number of nitrogens with one attached hydrogen (secondary N) is 1. The molecule has 1 unspecified atom stereocenters. The lowest BCUT2D eigenvalue weighted by atomic mass is 9.92. The highest BCUT2D eigenvalue weighted by atomic mass is 19.1. The third kappa shape index (κ3) is 4.67. The summed E-state index contributed by atoms with van der Waals surface area (Å²) in [6.45, 7) is 10.9. The van der Waals surface area contributed by atoms with Gasteiger partial charge in [-0.15, -0.1) is 0 Å². The van der Waals surface area contributed by atoms with E-state index in [2.05, 4.69) is 42.3 Å². The summed E-state index contributed by atoms with van der Waals surface area (Å²) in [4.78, 5) is 19.4. The van der Waals surface area contributed by atoms with Gasteiger partial charge in [0.2, 0.25) is 5.82 Å². The molecule has 1 atom stereocenters. The smallest absolute Gasteiger partial charge is 0.322 e. The summed E-state index contributed by atoms with van der Waals surface area (Å²) in [6, 6.07) is 11.5. The topological polar surface area (TPSA) is 71.3 Å². The van der Waals surface area contributed by atoms with E-state index in [1.807, 2.05) is 26.0 Å². The molecule has 0 aliphatic carbocycles. The van der Waals surface area contributed by atoms with Crippen LogP contribution in [-0.4, -0.2) is 27.6 Å². The van der Waals surface area contributed by atoms with Crippen molar-refractivity contribution >= 4 is 11.6 Å². The van der Waals surface area contributed by atoms with Gasteiger partial charge < -0.3 is 9.84 Å². The summed E-state index contributed by atoms with van der Waals surface area (Å²) in [6.07, 6.45) is 0.872. The molecule has 0 bridgehead atoms. The van der Waals surface area contributed by atoms with Crippen molar-refractivity contribution in [3.63, 3.8) is 0 Å². The van der Waals surface area contributed by atoms with Crippen LogP contribution in [0.15, 0.2) is 52.7 Å². The molecule has 2 amide bonds. The SMILES string of the molecule is CC1=C(c2nc(-c3ccc(F)cc3)no2)C(c2ccc(C)c(C)c2)NC(=O)N1CCC(C)C. The summed E-state index contributed by atoms with van der Waals surface area (Å²) in [5.41, 5.74) is 5.48. The molecule has 1 N–H and O–H groups in total. The molecule has 1 aromatic heterocycles. The molecule has 0 saturated carbocycles. The number of allylic oxidation sites excluding steroid dienone is 1. The third-order valence-corrected chi connectivity index (χ3v) is 6.15. The summed E-state index contributed by atoms with van der Waals surface area (Å²) < 4.78 is 19.0. The molecule has 1 aliphatic rings. The molecule has 33 heavy (non-hydrogen) atoms. The number of urea groups is 1. The van der Waals surface area contributed by atoms with Gasteiger partial charge in [0.15, 0.2) is 0 Å². The van der Waals surface area contributed by atoms with Crippen molar-refractivity contribution in [2.75, 3.05) is 6.54 Å². The van der Waals surface area contributed by atoms with Crippen LogP contribution in [0, 0.1) is 25.6 Å². The Balaban J connectivity index is 1.80. The number of carbonyl (C=O) groups excluding carboxylic acids is 1. The molecule has 2 heterocycles. The molecule has 6 nitrogen and oxygen atoms in total. The Hall–Kier alpha value is -3.48. The lowest BCUT2D eigenvalue weighted by molar-refractivity contribution is 0.202. The Morgan fingerprint density at radius 1 is 1.09 bits per heavy atom. The highest BCUT2D eigenvalue weighted by molar-refractivity contribution is 5.87. The minimum absolute atomic E-state index is 0.140. The molecule has 4 rings (SSSR count). The fraction of sp³-hybridized carbons (Fsp3) is 0.346. The van der Waals surface area contributed by atoms with Gasteiger partial charge in [0.25, 0.3) is 5.89 Å². The van der Waals surface area contributed by atoms with E-state index in [9.17, 15) is 9.18 Å². The molecular weight excluding hydrogens is 419 g/mol. The predicted molar refractivity (Wildman–Crippen MR) is 126 cm³/mol. The van der Waals surface area contributed by atoms with Gasteiger partial charge in [0, 0.05) is 17.8 Å². The summed E-state index contributed by atoms with van der Waals surface area (Å²) >= 11 is 0. The van der Waals surface area contributed by atoms with Crippen LogP contribution in [-0.2, 0) is 0 Å². The van der Waals surface area contributed by atoms with Crippen molar-refractivity contribution < 1.29 is 13.7 Å². The van der Waals surface area contributed by atoms with Crippen LogP contribution in [0.5, 0.6) is 0 Å². The van der Waals surface area contributed by atoms with E-state index in [1.54, 1.807) is 17.0 Å². The van der Waals surface area contributed by atoms with Crippen molar-refractivity contribution in [2.24, 2.45) is 5.92 Å². The van der Waals surface area contributed by atoms with Gasteiger partial charge in [0.05, 0.1) is 11.6 Å². The van der Waals surface area contributed by atoms with E-state index in [0.29, 0.717) is 29.7 Å². The number of rotatable bonds is 6. The van der Waals surface area contributed by atoms with Crippen LogP contribution in [0.3, 0.4) is 0 Å². The maximum atomic E-state index is 13.3. The van der Waals surface area contributed by atoms with E-state index in [-0.39, 0.29) is 11.8 Å². The number of halogens is 1. The van der Waals surface area contributed by atoms with Crippen LogP contribution in [0.25, 0.3) is 17.0 Å². The molecule has 172 valence electrons. The van der Waals surface area contributed by atoms with Crippen LogP contribution in [0.2, 0.25) is 0 Å². The molecule has 1 aliphatic heterocycles. The number of nitrogens with zero attached hydrogens (tertiary/aromatic N) is 3. The van der Waals surface area contributed by atoms with Gasteiger partial charge in [-0.05, 0) is 74.1 Å². The van der Waals surface area contributed by atoms with Crippen molar-refractivity contribution in [3.05, 3.63) is 76.6 Å². The second-order valence-corrected chi connectivity index (χ2v) is 8.99. The number of hydrogen-bond acceptors (Lipinski definition) is 4. The number of benzene rings is 2. The third-order valence-electron chi connectivity index (χ3n) is 6.15. The average Bonchev–Trinajstić information content (AvgIpc) is 3.25. The largest absolute Gasteiger partial charge is 0.334 e. The zero-order valence-electron chi connectivity index (χ0n) is 19.6. The van der Waals surface area contributed by atoms with Crippen LogP contribution in [0.4, 0.5) is 9.18 Å². The molecule has 0 saturated heterocycles. The fourth-order valence-electron chi connectivity index (χ4n) is 3.96. The van der Waals surface area contributed by atoms with Gasteiger partial charge >= 0.3 is 6.03 Å². The van der Waals surface area contributed by atoms with Crippen molar-refractivity contribution in [3.8, 4) is 11.4 Å². The Morgan fingerprint density at radius 3 is 2.48 bits per heavy atom. The normalized spacial score (nSPS) is 16.5. The van der Waals surface area contributed by atoms with Crippen molar-refractivity contribution in [1.82, 2.24) is 20.4 Å². The first-order chi connectivity index (χ1) is 15.7. The van der Waals surface area contributed by atoms with Gasteiger partial charge in [-0.1, -0.05) is 37.2 Å². The average molecular weight is 449 g/mol.